The fraction of sp³-hybridized carbons (Fsp3) is 0.167. The first-order chi connectivity index (χ1) is 15.5. The molecule has 164 valence electrons. The van der Waals surface area contributed by atoms with Crippen molar-refractivity contribution >= 4 is 11.8 Å². The lowest BCUT2D eigenvalue weighted by Gasteiger charge is -2.12. The molecule has 0 bridgehead atoms. The van der Waals surface area contributed by atoms with Crippen LogP contribution in [0.15, 0.2) is 65.8 Å². The summed E-state index contributed by atoms with van der Waals surface area (Å²) in [4.78, 5) is 0. The molecular weight excluding hydrogens is 432 g/mol. The SMILES string of the molecule is COc1cc(OC)cc(-c2nnc(SCc3ccc(F)cc3F)n2-c2ccc(C)cc2)c1. The van der Waals surface area contributed by atoms with Gasteiger partial charge in [0.15, 0.2) is 11.0 Å². The maximum absolute atomic E-state index is 14.1. The van der Waals surface area contributed by atoms with Gasteiger partial charge in [-0.3, -0.25) is 4.57 Å². The van der Waals surface area contributed by atoms with Crippen LogP contribution in [0.25, 0.3) is 17.1 Å². The highest BCUT2D eigenvalue weighted by Crippen LogP contribution is 2.34. The van der Waals surface area contributed by atoms with Gasteiger partial charge in [0.1, 0.15) is 23.1 Å². The predicted molar refractivity (Wildman–Crippen MR) is 121 cm³/mol. The van der Waals surface area contributed by atoms with Crippen molar-refractivity contribution in [2.45, 2.75) is 17.8 Å². The van der Waals surface area contributed by atoms with E-state index in [-0.39, 0.29) is 5.75 Å². The summed E-state index contributed by atoms with van der Waals surface area (Å²) >= 11 is 1.32. The molecule has 0 amide bonds. The van der Waals surface area contributed by atoms with Crippen LogP contribution in [0.1, 0.15) is 11.1 Å². The number of thioether (sulfide) groups is 1. The standard InChI is InChI=1S/C24H21F2N3O2S/c1-15-4-8-19(9-5-15)29-23(17-10-20(30-2)13-21(11-17)31-3)27-28-24(29)32-14-16-6-7-18(25)12-22(16)26/h4-13H,14H2,1-3H3. The molecule has 0 atom stereocenters. The number of hydrogen-bond donors (Lipinski definition) is 0. The number of ether oxygens (including phenoxy) is 2. The van der Waals surface area contributed by atoms with Crippen LogP contribution in [0, 0.1) is 18.6 Å². The van der Waals surface area contributed by atoms with Crippen molar-refractivity contribution in [2.24, 2.45) is 0 Å². The van der Waals surface area contributed by atoms with Crippen LogP contribution in [0.4, 0.5) is 8.78 Å². The summed E-state index contributed by atoms with van der Waals surface area (Å²) in [7, 11) is 3.17. The van der Waals surface area contributed by atoms with E-state index < -0.39 is 11.6 Å². The minimum Gasteiger partial charge on any atom is -0.497 e. The molecule has 1 aromatic heterocycles. The first kappa shape index (κ1) is 21.8. The van der Waals surface area contributed by atoms with Crippen LogP contribution in [-0.2, 0) is 5.75 Å². The van der Waals surface area contributed by atoms with Gasteiger partial charge in [-0.2, -0.15) is 0 Å². The first-order valence-corrected chi connectivity index (χ1v) is 10.8. The first-order valence-electron chi connectivity index (χ1n) is 9.81. The second-order valence-electron chi connectivity index (χ2n) is 7.10. The monoisotopic (exact) mass is 453 g/mol. The fourth-order valence-corrected chi connectivity index (χ4v) is 4.13. The van der Waals surface area contributed by atoms with Crippen LogP contribution in [0.2, 0.25) is 0 Å². The van der Waals surface area contributed by atoms with Gasteiger partial charge >= 0.3 is 0 Å². The quantitative estimate of drug-likeness (QED) is 0.330. The van der Waals surface area contributed by atoms with E-state index in [4.69, 9.17) is 9.47 Å². The van der Waals surface area contributed by atoms with Crippen LogP contribution in [-0.4, -0.2) is 29.0 Å². The van der Waals surface area contributed by atoms with E-state index in [1.165, 1.54) is 23.9 Å². The summed E-state index contributed by atoms with van der Waals surface area (Å²) in [5.41, 5.74) is 3.13. The Morgan fingerprint density at radius 1 is 0.875 bits per heavy atom. The Morgan fingerprint density at radius 2 is 1.56 bits per heavy atom. The number of aryl methyl sites for hydroxylation is 1. The number of aromatic nitrogens is 3. The summed E-state index contributed by atoms with van der Waals surface area (Å²) in [6.07, 6.45) is 0. The van der Waals surface area contributed by atoms with Gasteiger partial charge in [0, 0.05) is 29.1 Å². The lowest BCUT2D eigenvalue weighted by Crippen LogP contribution is -2.01. The zero-order valence-corrected chi connectivity index (χ0v) is 18.6. The molecule has 0 radical (unpaired) electrons. The van der Waals surface area contributed by atoms with Crippen molar-refractivity contribution in [3.05, 3.63) is 83.4 Å². The van der Waals surface area contributed by atoms with Crippen LogP contribution in [0.3, 0.4) is 0 Å². The number of rotatable bonds is 7. The molecule has 0 aliphatic heterocycles. The average Bonchev–Trinajstić information content (AvgIpc) is 3.22. The van der Waals surface area contributed by atoms with Gasteiger partial charge in [0.25, 0.3) is 0 Å². The van der Waals surface area contributed by atoms with Gasteiger partial charge in [-0.1, -0.05) is 35.5 Å². The Kier molecular flexibility index (Phi) is 6.41. The predicted octanol–water partition coefficient (Wildman–Crippen LogP) is 5.83. The summed E-state index contributed by atoms with van der Waals surface area (Å²) in [5.74, 6) is 0.927. The molecule has 4 rings (SSSR count). The zero-order valence-electron chi connectivity index (χ0n) is 17.8. The Hall–Kier alpha value is -3.39. The summed E-state index contributed by atoms with van der Waals surface area (Å²) < 4.78 is 40.1. The lowest BCUT2D eigenvalue weighted by molar-refractivity contribution is 0.394. The van der Waals surface area contributed by atoms with E-state index in [2.05, 4.69) is 10.2 Å². The zero-order chi connectivity index (χ0) is 22.7. The molecule has 0 fully saturated rings. The average molecular weight is 454 g/mol. The smallest absolute Gasteiger partial charge is 0.196 e. The number of benzene rings is 3. The lowest BCUT2D eigenvalue weighted by atomic mass is 10.1. The van der Waals surface area contributed by atoms with E-state index >= 15 is 0 Å². The van der Waals surface area contributed by atoms with Crippen molar-refractivity contribution < 1.29 is 18.3 Å². The number of nitrogens with zero attached hydrogens (tertiary/aromatic N) is 3. The van der Waals surface area contributed by atoms with Crippen molar-refractivity contribution in [3.63, 3.8) is 0 Å². The molecule has 4 aromatic rings. The molecule has 0 saturated carbocycles. The molecule has 0 N–H and O–H groups in total. The summed E-state index contributed by atoms with van der Waals surface area (Å²) in [5, 5.41) is 9.35. The van der Waals surface area contributed by atoms with Crippen LogP contribution in [0.5, 0.6) is 11.5 Å². The Labute approximate surface area is 189 Å². The molecule has 0 saturated heterocycles. The second kappa shape index (κ2) is 9.40. The maximum Gasteiger partial charge on any atom is 0.196 e. The maximum atomic E-state index is 14.1. The third kappa shape index (κ3) is 4.60. The Bertz CT molecular complexity index is 1220. The normalized spacial score (nSPS) is 10.9. The third-order valence-electron chi connectivity index (χ3n) is 4.91. The fourth-order valence-electron chi connectivity index (χ4n) is 3.19. The van der Waals surface area contributed by atoms with Gasteiger partial charge in [0.05, 0.1) is 14.2 Å². The van der Waals surface area contributed by atoms with E-state index in [9.17, 15) is 8.78 Å². The minimum absolute atomic E-state index is 0.275. The van der Waals surface area contributed by atoms with Gasteiger partial charge in [0.2, 0.25) is 0 Å². The highest BCUT2D eigenvalue weighted by atomic mass is 32.2. The molecule has 0 aliphatic carbocycles. The molecule has 8 heteroatoms. The highest BCUT2D eigenvalue weighted by Gasteiger charge is 2.18. The molecule has 3 aromatic carbocycles. The minimum atomic E-state index is -0.603. The molecule has 1 heterocycles. The number of halogens is 2. The van der Waals surface area contributed by atoms with Gasteiger partial charge in [-0.25, -0.2) is 8.78 Å². The van der Waals surface area contributed by atoms with Crippen molar-refractivity contribution in [1.82, 2.24) is 14.8 Å². The number of hydrogen-bond acceptors (Lipinski definition) is 5. The summed E-state index contributed by atoms with van der Waals surface area (Å²) in [6, 6.07) is 17.0. The van der Waals surface area contributed by atoms with E-state index in [0.29, 0.717) is 28.0 Å². The highest BCUT2D eigenvalue weighted by molar-refractivity contribution is 7.98. The molecule has 32 heavy (non-hydrogen) atoms. The van der Waals surface area contributed by atoms with E-state index in [1.807, 2.05) is 47.9 Å². The summed E-state index contributed by atoms with van der Waals surface area (Å²) in [6.45, 7) is 2.01. The van der Waals surface area contributed by atoms with Crippen molar-refractivity contribution in [1.29, 1.82) is 0 Å². The van der Waals surface area contributed by atoms with Crippen LogP contribution < -0.4 is 9.47 Å². The number of methoxy groups -OCH3 is 2. The van der Waals surface area contributed by atoms with Gasteiger partial charge < -0.3 is 9.47 Å². The van der Waals surface area contributed by atoms with Gasteiger partial charge in [-0.05, 0) is 42.8 Å². The van der Waals surface area contributed by atoms with Crippen molar-refractivity contribution in [2.75, 3.05) is 14.2 Å². The molecule has 0 aliphatic rings. The van der Waals surface area contributed by atoms with Gasteiger partial charge in [-0.15, -0.1) is 10.2 Å². The van der Waals surface area contributed by atoms with Crippen LogP contribution >= 0.6 is 11.8 Å². The second-order valence-corrected chi connectivity index (χ2v) is 8.05. The van der Waals surface area contributed by atoms with E-state index in [0.717, 1.165) is 22.9 Å². The van der Waals surface area contributed by atoms with E-state index in [1.54, 1.807) is 20.3 Å². The molecule has 0 unspecified atom stereocenters. The van der Waals surface area contributed by atoms with Crippen molar-refractivity contribution in [3.8, 4) is 28.6 Å². The molecular formula is C24H21F2N3O2S. The Morgan fingerprint density at radius 3 is 2.19 bits per heavy atom. The largest absolute Gasteiger partial charge is 0.497 e. The third-order valence-corrected chi connectivity index (χ3v) is 5.88. The topological polar surface area (TPSA) is 49.2 Å². The molecule has 0 spiro atoms. The Balaban J connectivity index is 1.78. The molecule has 5 nitrogen and oxygen atoms in total.